The Morgan fingerprint density at radius 2 is 1.22 bits per heavy atom. The maximum absolute atomic E-state index is 12.8. The Morgan fingerprint density at radius 1 is 0.852 bits per heavy atom. The molecule has 0 saturated carbocycles. The van der Waals surface area contributed by atoms with Gasteiger partial charge in [-0.1, -0.05) is 7.43 Å². The van der Waals surface area contributed by atoms with E-state index < -0.39 is 21.5 Å². The molecule has 7 nitrogen and oxygen atoms in total. The first-order valence-corrected chi connectivity index (χ1v) is 7.81. The molecule has 0 atom stereocenters. The Hall–Kier alpha value is -2.46. The van der Waals surface area contributed by atoms with Crippen molar-refractivity contribution in [1.29, 1.82) is 0 Å². The van der Waals surface area contributed by atoms with Crippen LogP contribution in [0.15, 0.2) is 28.7 Å². The Bertz CT molecular complexity index is 749. The molecule has 0 aliphatic heterocycles. The van der Waals surface area contributed by atoms with Crippen molar-refractivity contribution in [1.82, 2.24) is 0 Å². The van der Waals surface area contributed by atoms with E-state index in [1.165, 1.54) is 38.1 Å². The van der Waals surface area contributed by atoms with Gasteiger partial charge in [0.15, 0.2) is 0 Å². The van der Waals surface area contributed by atoms with Gasteiger partial charge in [0.2, 0.25) is 0 Å². The molecule has 0 spiro atoms. The first kappa shape index (κ1) is 26.8. The maximum Gasteiger partial charge on any atom is 0.289 e. The number of nitro benzene ring substituents is 2. The Labute approximate surface area is 164 Å². The van der Waals surface area contributed by atoms with Gasteiger partial charge in [0.25, 0.3) is 11.4 Å². The molecule has 27 heavy (non-hydrogen) atoms. The van der Waals surface area contributed by atoms with Crippen molar-refractivity contribution in [3.8, 4) is 0 Å². The molecule has 2 aromatic rings. The number of hydrogen-bond donors (Lipinski definition) is 1. The van der Waals surface area contributed by atoms with E-state index in [2.05, 4.69) is 15.9 Å². The largest absolute Gasteiger partial charge is 0.400 e. The predicted octanol–water partition coefficient (Wildman–Crippen LogP) is 5.40. The van der Waals surface area contributed by atoms with Crippen LogP contribution in [0.25, 0.3) is 0 Å². The Kier molecular flexibility index (Phi) is 11.9. The molecule has 0 saturated heterocycles. The van der Waals surface area contributed by atoms with Crippen molar-refractivity contribution < 1.29 is 23.7 Å². The van der Waals surface area contributed by atoms with Gasteiger partial charge in [-0.3, -0.25) is 20.2 Å². The van der Waals surface area contributed by atoms with E-state index in [-0.39, 0.29) is 29.9 Å². The van der Waals surface area contributed by atoms with E-state index in [1.807, 2.05) is 0 Å². The van der Waals surface area contributed by atoms with Crippen molar-refractivity contribution in [2.24, 2.45) is 0 Å². The van der Waals surface area contributed by atoms with E-state index in [0.717, 1.165) is 7.11 Å². The van der Waals surface area contributed by atoms with Crippen LogP contribution >= 0.6 is 15.9 Å². The first-order chi connectivity index (χ1) is 12.1. The van der Waals surface area contributed by atoms with Gasteiger partial charge >= 0.3 is 0 Å². The number of aliphatic hydroxyl groups excluding tert-OH is 1. The molecule has 10 heteroatoms. The molecule has 1 N–H and O–H groups in total. The molecule has 0 bridgehead atoms. The Morgan fingerprint density at radius 3 is 1.56 bits per heavy atom. The SMILES string of the molecule is C.CO.Cc1c(F)ccc(Br)c1[N+](=O)[O-].Cc1ccc(F)c(C)c1[N+](=O)[O-]. The van der Waals surface area contributed by atoms with Gasteiger partial charge in [0.1, 0.15) is 11.6 Å². The molecule has 0 radical (unpaired) electrons. The van der Waals surface area contributed by atoms with Gasteiger partial charge in [-0.25, -0.2) is 8.78 Å². The summed E-state index contributed by atoms with van der Waals surface area (Å²) >= 11 is 2.97. The topological polar surface area (TPSA) is 107 Å². The summed E-state index contributed by atoms with van der Waals surface area (Å²) in [5.41, 5.74) is 0.290. The fourth-order valence-corrected chi connectivity index (χ4v) is 2.53. The molecule has 2 rings (SSSR count). The van der Waals surface area contributed by atoms with Crippen LogP contribution in [0.1, 0.15) is 24.1 Å². The molecule has 150 valence electrons. The van der Waals surface area contributed by atoms with Crippen LogP contribution in [0.5, 0.6) is 0 Å². The smallest absolute Gasteiger partial charge is 0.289 e. The third-order valence-electron chi connectivity index (χ3n) is 3.25. The maximum atomic E-state index is 12.8. The van der Waals surface area contributed by atoms with Crippen molar-refractivity contribution in [2.75, 3.05) is 7.11 Å². The summed E-state index contributed by atoms with van der Waals surface area (Å²) < 4.78 is 25.9. The molecular weight excluding hydrogens is 430 g/mol. The van der Waals surface area contributed by atoms with Gasteiger partial charge in [0, 0.05) is 12.7 Å². The van der Waals surface area contributed by atoms with Crippen LogP contribution in [0.4, 0.5) is 20.2 Å². The van der Waals surface area contributed by atoms with Gasteiger partial charge < -0.3 is 5.11 Å². The zero-order chi connectivity index (χ0) is 20.6. The van der Waals surface area contributed by atoms with Gasteiger partial charge in [0.05, 0.1) is 25.4 Å². The number of rotatable bonds is 2. The van der Waals surface area contributed by atoms with E-state index in [4.69, 9.17) is 5.11 Å². The average Bonchev–Trinajstić information content (AvgIpc) is 2.57. The van der Waals surface area contributed by atoms with Crippen LogP contribution in [0.2, 0.25) is 0 Å². The van der Waals surface area contributed by atoms with Crippen molar-refractivity contribution in [3.05, 3.63) is 77.3 Å². The highest BCUT2D eigenvalue weighted by Gasteiger charge is 2.18. The lowest BCUT2D eigenvalue weighted by atomic mass is 10.1. The number of nitrogens with zero attached hydrogens (tertiary/aromatic N) is 2. The van der Waals surface area contributed by atoms with E-state index in [9.17, 15) is 29.0 Å². The molecule has 0 amide bonds. The van der Waals surface area contributed by atoms with E-state index in [0.29, 0.717) is 10.0 Å². The lowest BCUT2D eigenvalue weighted by molar-refractivity contribution is -0.386. The molecule has 0 aliphatic rings. The number of aliphatic hydroxyl groups is 1. The highest BCUT2D eigenvalue weighted by Crippen LogP contribution is 2.29. The van der Waals surface area contributed by atoms with Crippen molar-refractivity contribution >= 4 is 27.3 Å². The fourth-order valence-electron chi connectivity index (χ4n) is 1.96. The summed E-state index contributed by atoms with van der Waals surface area (Å²) in [4.78, 5) is 19.7. The minimum Gasteiger partial charge on any atom is -0.400 e. The minimum absolute atomic E-state index is 0. The number of nitro groups is 2. The minimum atomic E-state index is -0.609. The summed E-state index contributed by atoms with van der Waals surface area (Å²) in [5, 5.41) is 27.8. The lowest BCUT2D eigenvalue weighted by Gasteiger charge is -2.00. The molecule has 2 aromatic carbocycles. The normalized spacial score (nSPS) is 9.04. The second kappa shape index (κ2) is 12.0. The van der Waals surface area contributed by atoms with Gasteiger partial charge in [-0.15, -0.1) is 0 Å². The van der Waals surface area contributed by atoms with E-state index in [1.54, 1.807) is 6.92 Å². The fraction of sp³-hybridized carbons (Fsp3) is 0.294. The summed E-state index contributed by atoms with van der Waals surface area (Å²) in [5.74, 6) is -1.10. The summed E-state index contributed by atoms with van der Waals surface area (Å²) in [6.45, 7) is 4.36. The average molecular weight is 451 g/mol. The number of halogens is 3. The van der Waals surface area contributed by atoms with Crippen LogP contribution in [0.3, 0.4) is 0 Å². The second-order valence-electron chi connectivity index (χ2n) is 4.85. The zero-order valence-electron chi connectivity index (χ0n) is 14.4. The van der Waals surface area contributed by atoms with Crippen LogP contribution in [-0.4, -0.2) is 22.1 Å². The summed E-state index contributed by atoms with van der Waals surface area (Å²) in [6.07, 6.45) is 0. The molecule has 0 unspecified atom stereocenters. The molecular formula is C17H21BrF2N2O5. The monoisotopic (exact) mass is 450 g/mol. The highest BCUT2D eigenvalue weighted by molar-refractivity contribution is 9.10. The molecule has 0 heterocycles. The van der Waals surface area contributed by atoms with Gasteiger partial charge in [-0.2, -0.15) is 0 Å². The first-order valence-electron chi connectivity index (χ1n) is 7.01. The highest BCUT2D eigenvalue weighted by atomic mass is 79.9. The third-order valence-corrected chi connectivity index (χ3v) is 3.89. The van der Waals surface area contributed by atoms with Crippen molar-refractivity contribution in [2.45, 2.75) is 28.2 Å². The van der Waals surface area contributed by atoms with Gasteiger partial charge in [-0.05, 0) is 61.0 Å². The molecule has 0 aromatic heterocycles. The van der Waals surface area contributed by atoms with Crippen LogP contribution in [-0.2, 0) is 0 Å². The third kappa shape index (κ3) is 6.99. The van der Waals surface area contributed by atoms with Crippen LogP contribution < -0.4 is 0 Å². The number of hydrogen-bond acceptors (Lipinski definition) is 5. The Balaban J connectivity index is 0. The van der Waals surface area contributed by atoms with E-state index >= 15 is 0 Å². The zero-order valence-corrected chi connectivity index (χ0v) is 16.0. The van der Waals surface area contributed by atoms with Crippen LogP contribution in [0, 0.1) is 52.6 Å². The van der Waals surface area contributed by atoms with Crippen molar-refractivity contribution in [3.63, 3.8) is 0 Å². The molecule has 0 aliphatic carbocycles. The summed E-state index contributed by atoms with van der Waals surface area (Å²) in [6, 6.07) is 5.14. The standard InChI is InChI=1S/C8H8FNO2.C7H5BrFNO2.CH4O.CH4/c1-5-3-4-7(9)6(2)8(5)10(11)12;1-4-6(9)3-2-5(8)7(4)10(11)12;1-2;/h3-4H,1-2H3;2-3H,1H3;2H,1H3;1H4. The predicted molar refractivity (Wildman–Crippen MR) is 103 cm³/mol. The number of benzene rings is 2. The lowest BCUT2D eigenvalue weighted by Crippen LogP contribution is -1.97. The second-order valence-corrected chi connectivity index (χ2v) is 5.71. The molecule has 0 fully saturated rings. The quantitative estimate of drug-likeness (QED) is 0.486. The number of aryl methyl sites for hydroxylation is 1. The summed E-state index contributed by atoms with van der Waals surface area (Å²) in [7, 11) is 1.00.